The molecule has 3 aromatic carbocycles. The van der Waals surface area contributed by atoms with Crippen molar-refractivity contribution in [2.45, 2.75) is 6.92 Å². The SMILES string of the molecule is Cc1ccc2c(Nc3ccccc3F)nccc2c1NC(=O)c1cccc2c(N)ncnc12. The fourth-order valence-electron chi connectivity index (χ4n) is 3.79. The predicted molar refractivity (Wildman–Crippen MR) is 128 cm³/mol. The molecule has 8 heteroatoms. The molecule has 33 heavy (non-hydrogen) atoms. The molecule has 0 radical (unpaired) electrons. The number of benzene rings is 3. The largest absolute Gasteiger partial charge is 0.383 e. The van der Waals surface area contributed by atoms with E-state index in [4.69, 9.17) is 5.73 Å². The third-order valence-corrected chi connectivity index (χ3v) is 5.46. The monoisotopic (exact) mass is 438 g/mol. The first-order valence-electron chi connectivity index (χ1n) is 10.2. The minimum Gasteiger partial charge on any atom is -0.383 e. The first kappa shape index (κ1) is 20.3. The Kier molecular flexibility index (Phi) is 5.02. The maximum Gasteiger partial charge on any atom is 0.257 e. The van der Waals surface area contributed by atoms with Gasteiger partial charge < -0.3 is 16.4 Å². The Balaban J connectivity index is 1.57. The number of para-hydroxylation sites is 2. The molecule has 0 bridgehead atoms. The second kappa shape index (κ2) is 8.16. The average Bonchev–Trinajstić information content (AvgIpc) is 2.82. The highest BCUT2D eigenvalue weighted by atomic mass is 19.1. The van der Waals surface area contributed by atoms with Crippen LogP contribution in [0.3, 0.4) is 0 Å². The average molecular weight is 438 g/mol. The Bertz CT molecular complexity index is 1530. The number of amides is 1. The lowest BCUT2D eigenvalue weighted by atomic mass is 10.0. The number of aromatic nitrogens is 3. The van der Waals surface area contributed by atoms with E-state index in [1.165, 1.54) is 12.4 Å². The number of hydrogen-bond donors (Lipinski definition) is 3. The summed E-state index contributed by atoms with van der Waals surface area (Å²) in [4.78, 5) is 25.9. The number of nitrogens with zero attached hydrogens (tertiary/aromatic N) is 3. The van der Waals surface area contributed by atoms with Crippen molar-refractivity contribution in [1.29, 1.82) is 0 Å². The Labute approximate surface area is 188 Å². The number of nitrogens with one attached hydrogen (secondary N) is 2. The zero-order valence-electron chi connectivity index (χ0n) is 17.6. The van der Waals surface area contributed by atoms with E-state index >= 15 is 0 Å². The summed E-state index contributed by atoms with van der Waals surface area (Å²) in [6.45, 7) is 1.91. The van der Waals surface area contributed by atoms with Crippen molar-refractivity contribution in [3.63, 3.8) is 0 Å². The van der Waals surface area contributed by atoms with Crippen LogP contribution in [-0.2, 0) is 0 Å². The standard InChI is InChI=1S/C25H19FN6O/c1-14-9-10-16-15(11-12-28-24(16)31-20-8-3-2-7-19(20)26)21(14)32-25(33)18-6-4-5-17-22(18)29-13-30-23(17)27/h2-13H,1H3,(H,28,31)(H,32,33)(H2,27,29,30). The maximum atomic E-state index is 14.2. The normalized spacial score (nSPS) is 11.0. The molecule has 0 fully saturated rings. The number of hydrogen-bond acceptors (Lipinski definition) is 6. The zero-order chi connectivity index (χ0) is 22.9. The van der Waals surface area contributed by atoms with Gasteiger partial charge in [-0.3, -0.25) is 4.79 Å². The molecule has 0 saturated heterocycles. The van der Waals surface area contributed by atoms with Crippen LogP contribution in [0.2, 0.25) is 0 Å². The van der Waals surface area contributed by atoms with Crippen LogP contribution in [0, 0.1) is 12.7 Å². The fourth-order valence-corrected chi connectivity index (χ4v) is 3.79. The van der Waals surface area contributed by atoms with E-state index in [1.54, 1.807) is 42.6 Å². The first-order valence-corrected chi connectivity index (χ1v) is 10.2. The van der Waals surface area contributed by atoms with Crippen molar-refractivity contribution in [3.05, 3.63) is 90.1 Å². The molecule has 7 nitrogen and oxygen atoms in total. The minimum absolute atomic E-state index is 0.311. The van der Waals surface area contributed by atoms with Gasteiger partial charge in [-0.15, -0.1) is 0 Å². The van der Waals surface area contributed by atoms with Gasteiger partial charge in [-0.25, -0.2) is 19.3 Å². The molecule has 5 aromatic rings. The number of fused-ring (bicyclic) bond motifs is 2. The number of rotatable bonds is 4. The van der Waals surface area contributed by atoms with Gasteiger partial charge in [0.1, 0.15) is 23.8 Å². The summed E-state index contributed by atoms with van der Waals surface area (Å²) < 4.78 is 14.2. The number of carbonyl (C=O) groups is 1. The quantitative estimate of drug-likeness (QED) is 0.356. The third kappa shape index (κ3) is 3.67. The molecule has 0 aliphatic carbocycles. The van der Waals surface area contributed by atoms with Gasteiger partial charge in [0.15, 0.2) is 0 Å². The Morgan fingerprint density at radius 2 is 1.76 bits per heavy atom. The van der Waals surface area contributed by atoms with Crippen LogP contribution in [0.15, 0.2) is 73.2 Å². The molecule has 162 valence electrons. The van der Waals surface area contributed by atoms with Crippen molar-refractivity contribution in [2.75, 3.05) is 16.4 Å². The van der Waals surface area contributed by atoms with Crippen molar-refractivity contribution >= 4 is 50.6 Å². The number of nitrogen functional groups attached to an aromatic ring is 1. The van der Waals surface area contributed by atoms with Crippen LogP contribution < -0.4 is 16.4 Å². The van der Waals surface area contributed by atoms with Crippen molar-refractivity contribution in [3.8, 4) is 0 Å². The van der Waals surface area contributed by atoms with Crippen LogP contribution in [0.4, 0.5) is 27.4 Å². The number of nitrogens with two attached hydrogens (primary N) is 1. The molecule has 0 saturated carbocycles. The summed E-state index contributed by atoms with van der Waals surface area (Å²) in [5.41, 5.74) is 8.63. The summed E-state index contributed by atoms with van der Waals surface area (Å²) in [6, 6.07) is 17.2. The number of carbonyl (C=O) groups excluding carboxylic acids is 1. The van der Waals surface area contributed by atoms with Gasteiger partial charge in [0.05, 0.1) is 22.5 Å². The Morgan fingerprint density at radius 1 is 0.909 bits per heavy atom. The van der Waals surface area contributed by atoms with Gasteiger partial charge in [-0.2, -0.15) is 0 Å². The molecule has 0 aliphatic heterocycles. The van der Waals surface area contributed by atoms with E-state index in [1.807, 2.05) is 25.1 Å². The van der Waals surface area contributed by atoms with E-state index in [0.29, 0.717) is 39.5 Å². The lowest BCUT2D eigenvalue weighted by molar-refractivity contribution is 0.102. The number of halogens is 1. The van der Waals surface area contributed by atoms with Gasteiger partial charge in [0.25, 0.3) is 5.91 Å². The molecule has 5 rings (SSSR count). The highest BCUT2D eigenvalue weighted by molar-refractivity contribution is 6.16. The smallest absolute Gasteiger partial charge is 0.257 e. The second-order valence-electron chi connectivity index (χ2n) is 7.53. The van der Waals surface area contributed by atoms with Gasteiger partial charge in [-0.1, -0.05) is 30.3 Å². The van der Waals surface area contributed by atoms with Gasteiger partial charge in [-0.05, 0) is 42.8 Å². The molecular weight excluding hydrogens is 419 g/mol. The molecule has 0 unspecified atom stereocenters. The van der Waals surface area contributed by atoms with E-state index in [-0.39, 0.29) is 11.7 Å². The van der Waals surface area contributed by atoms with Crippen LogP contribution in [0.25, 0.3) is 21.7 Å². The van der Waals surface area contributed by atoms with Crippen LogP contribution in [0.5, 0.6) is 0 Å². The van der Waals surface area contributed by atoms with E-state index in [9.17, 15) is 9.18 Å². The van der Waals surface area contributed by atoms with Gasteiger partial charge in [0.2, 0.25) is 0 Å². The molecule has 2 aromatic heterocycles. The molecular formula is C25H19FN6O. The zero-order valence-corrected chi connectivity index (χ0v) is 17.6. The van der Waals surface area contributed by atoms with Gasteiger partial charge in [0, 0.05) is 22.4 Å². The van der Waals surface area contributed by atoms with Crippen LogP contribution >= 0.6 is 0 Å². The Morgan fingerprint density at radius 3 is 2.61 bits per heavy atom. The summed E-state index contributed by atoms with van der Waals surface area (Å²) in [6.07, 6.45) is 2.95. The molecule has 1 amide bonds. The van der Waals surface area contributed by atoms with E-state index < -0.39 is 0 Å². The minimum atomic E-state index is -0.380. The van der Waals surface area contributed by atoms with Crippen molar-refractivity contribution in [1.82, 2.24) is 15.0 Å². The molecule has 4 N–H and O–H groups in total. The van der Waals surface area contributed by atoms with Crippen LogP contribution in [0.1, 0.15) is 15.9 Å². The number of anilines is 4. The second-order valence-corrected chi connectivity index (χ2v) is 7.53. The van der Waals surface area contributed by atoms with Gasteiger partial charge >= 0.3 is 0 Å². The summed E-state index contributed by atoms with van der Waals surface area (Å²) in [5, 5.41) is 8.18. The van der Waals surface area contributed by atoms with E-state index in [2.05, 4.69) is 25.6 Å². The maximum absolute atomic E-state index is 14.2. The highest BCUT2D eigenvalue weighted by Crippen LogP contribution is 2.33. The Hall–Kier alpha value is -4.59. The third-order valence-electron chi connectivity index (χ3n) is 5.46. The molecule has 0 aliphatic rings. The van der Waals surface area contributed by atoms with E-state index in [0.717, 1.165) is 16.3 Å². The number of pyridine rings is 1. The van der Waals surface area contributed by atoms with Crippen molar-refractivity contribution < 1.29 is 9.18 Å². The fraction of sp³-hybridized carbons (Fsp3) is 0.0400. The van der Waals surface area contributed by atoms with Crippen molar-refractivity contribution in [2.24, 2.45) is 0 Å². The van der Waals surface area contributed by atoms with Crippen LogP contribution in [-0.4, -0.2) is 20.9 Å². The molecule has 2 heterocycles. The summed E-state index contributed by atoms with van der Waals surface area (Å²) in [7, 11) is 0. The molecule has 0 atom stereocenters. The molecule has 0 spiro atoms. The number of aryl methyl sites for hydroxylation is 1. The summed E-state index contributed by atoms with van der Waals surface area (Å²) >= 11 is 0. The lowest BCUT2D eigenvalue weighted by Crippen LogP contribution is -2.14. The topological polar surface area (TPSA) is 106 Å². The lowest BCUT2D eigenvalue weighted by Gasteiger charge is -2.15. The summed E-state index contributed by atoms with van der Waals surface area (Å²) in [5.74, 6) is 0.0913. The predicted octanol–water partition coefficient (Wildman–Crippen LogP) is 5.20. The highest BCUT2D eigenvalue weighted by Gasteiger charge is 2.17. The first-order chi connectivity index (χ1) is 16.0.